The predicted molar refractivity (Wildman–Crippen MR) is 155 cm³/mol. The molecule has 0 unspecified atom stereocenters. The summed E-state index contributed by atoms with van der Waals surface area (Å²) in [5.74, 6) is 0. The van der Waals surface area contributed by atoms with Crippen molar-refractivity contribution in [1.82, 2.24) is 14.7 Å². The fourth-order valence-electron chi connectivity index (χ4n) is 5.69. The number of anilines is 1. The zero-order valence-electron chi connectivity index (χ0n) is 22.8. The van der Waals surface area contributed by atoms with Gasteiger partial charge in [0.25, 0.3) is 0 Å². The lowest BCUT2D eigenvalue weighted by Crippen LogP contribution is -2.30. The number of fused-ring (bicyclic) bond motifs is 1. The molecule has 0 atom stereocenters. The van der Waals surface area contributed by atoms with E-state index in [0.29, 0.717) is 5.69 Å². The SMILES string of the molecule is CCc1cccc(CC)c1-n1nc2c(c1-c1ccc(NC(N)=O)cc1)CN(Cc1c(C)cccc1C)CC2. The Morgan fingerprint density at radius 2 is 1.58 bits per heavy atom. The highest BCUT2D eigenvalue weighted by Gasteiger charge is 2.28. The minimum absolute atomic E-state index is 0.563. The molecule has 3 N–H and O–H groups in total. The Morgan fingerprint density at radius 1 is 0.947 bits per heavy atom. The number of hydrogen-bond donors (Lipinski definition) is 2. The molecule has 1 aromatic heterocycles. The number of nitrogens with zero attached hydrogens (tertiary/aromatic N) is 3. The molecule has 4 aromatic rings. The van der Waals surface area contributed by atoms with E-state index in [4.69, 9.17) is 10.8 Å². The van der Waals surface area contributed by atoms with Crippen LogP contribution < -0.4 is 11.1 Å². The first kappa shape index (κ1) is 25.7. The van der Waals surface area contributed by atoms with Crippen molar-refractivity contribution in [2.75, 3.05) is 11.9 Å². The van der Waals surface area contributed by atoms with Gasteiger partial charge in [-0.15, -0.1) is 0 Å². The van der Waals surface area contributed by atoms with Crippen LogP contribution in [0.2, 0.25) is 0 Å². The van der Waals surface area contributed by atoms with Crippen molar-refractivity contribution in [1.29, 1.82) is 0 Å². The number of rotatable bonds is 7. The summed E-state index contributed by atoms with van der Waals surface area (Å²) in [7, 11) is 0. The van der Waals surface area contributed by atoms with E-state index in [1.165, 1.54) is 44.8 Å². The maximum absolute atomic E-state index is 11.4. The van der Waals surface area contributed by atoms with Crippen LogP contribution in [0.1, 0.15) is 52.9 Å². The Bertz CT molecular complexity index is 1430. The van der Waals surface area contributed by atoms with Gasteiger partial charge >= 0.3 is 6.03 Å². The second kappa shape index (κ2) is 10.8. The minimum Gasteiger partial charge on any atom is -0.351 e. The summed E-state index contributed by atoms with van der Waals surface area (Å²) >= 11 is 0. The summed E-state index contributed by atoms with van der Waals surface area (Å²) in [6.07, 6.45) is 2.79. The number of benzene rings is 3. The maximum Gasteiger partial charge on any atom is 0.316 e. The fraction of sp³-hybridized carbons (Fsp3) is 0.312. The highest BCUT2D eigenvalue weighted by molar-refractivity contribution is 5.88. The Hall–Kier alpha value is -3.90. The van der Waals surface area contributed by atoms with E-state index < -0.39 is 6.03 Å². The van der Waals surface area contributed by atoms with E-state index in [9.17, 15) is 4.79 Å². The van der Waals surface area contributed by atoms with Crippen molar-refractivity contribution < 1.29 is 4.79 Å². The van der Waals surface area contributed by atoms with Gasteiger partial charge in [0.05, 0.1) is 17.1 Å². The quantitative estimate of drug-likeness (QED) is 0.307. The normalized spacial score (nSPS) is 13.4. The standard InChI is InChI=1S/C32H37N5O/c1-5-23-11-8-12-24(6-2)30(23)37-31(25-13-15-26(16-14-25)34-32(33)38)28-20-36(18-17-29(28)35-37)19-27-21(3)9-7-10-22(27)4/h7-16H,5-6,17-20H2,1-4H3,(H3,33,34,38). The molecule has 0 bridgehead atoms. The smallest absolute Gasteiger partial charge is 0.316 e. The number of nitrogens with one attached hydrogen (secondary N) is 1. The summed E-state index contributed by atoms with van der Waals surface area (Å²) < 4.78 is 2.20. The predicted octanol–water partition coefficient (Wildman–Crippen LogP) is 6.33. The summed E-state index contributed by atoms with van der Waals surface area (Å²) in [6.45, 7) is 11.6. The maximum atomic E-state index is 11.4. The third-order valence-electron chi connectivity index (χ3n) is 7.74. The van der Waals surface area contributed by atoms with Crippen LogP contribution in [0.15, 0.2) is 60.7 Å². The molecule has 0 radical (unpaired) electrons. The molecule has 0 spiro atoms. The van der Waals surface area contributed by atoms with E-state index in [1.807, 2.05) is 12.1 Å². The Labute approximate surface area is 225 Å². The molecule has 3 aromatic carbocycles. The van der Waals surface area contributed by atoms with Gasteiger partial charge in [-0.2, -0.15) is 5.10 Å². The van der Waals surface area contributed by atoms with Crippen LogP contribution in [-0.4, -0.2) is 27.3 Å². The van der Waals surface area contributed by atoms with Gasteiger partial charge in [-0.05, 0) is 66.6 Å². The Balaban J connectivity index is 1.63. The highest BCUT2D eigenvalue weighted by Crippen LogP contribution is 2.36. The molecule has 2 amide bonds. The largest absolute Gasteiger partial charge is 0.351 e. The second-order valence-corrected chi connectivity index (χ2v) is 10.2. The average Bonchev–Trinajstić information content (AvgIpc) is 3.28. The van der Waals surface area contributed by atoms with Gasteiger partial charge in [-0.1, -0.05) is 62.4 Å². The second-order valence-electron chi connectivity index (χ2n) is 10.2. The van der Waals surface area contributed by atoms with E-state index in [0.717, 1.165) is 50.2 Å². The van der Waals surface area contributed by atoms with E-state index >= 15 is 0 Å². The summed E-state index contributed by atoms with van der Waals surface area (Å²) in [4.78, 5) is 13.9. The molecule has 1 aliphatic rings. The lowest BCUT2D eigenvalue weighted by atomic mass is 9.97. The van der Waals surface area contributed by atoms with E-state index in [2.05, 4.69) is 91.1 Å². The van der Waals surface area contributed by atoms with E-state index in [-0.39, 0.29) is 0 Å². The third kappa shape index (κ3) is 4.96. The van der Waals surface area contributed by atoms with Crippen LogP contribution in [0.3, 0.4) is 0 Å². The van der Waals surface area contributed by atoms with Gasteiger partial charge in [0.15, 0.2) is 0 Å². The lowest BCUT2D eigenvalue weighted by Gasteiger charge is -2.28. The van der Waals surface area contributed by atoms with Gasteiger partial charge in [0.1, 0.15) is 0 Å². The number of amides is 2. The van der Waals surface area contributed by atoms with Crippen LogP contribution in [0, 0.1) is 13.8 Å². The number of primary amides is 1. The molecule has 0 fully saturated rings. The van der Waals surface area contributed by atoms with Gasteiger partial charge in [-0.25, -0.2) is 9.48 Å². The summed E-state index contributed by atoms with van der Waals surface area (Å²) in [5.41, 5.74) is 18.6. The van der Waals surface area contributed by atoms with Gasteiger partial charge < -0.3 is 11.1 Å². The van der Waals surface area contributed by atoms with Crippen LogP contribution >= 0.6 is 0 Å². The number of carbonyl (C=O) groups is 1. The first-order valence-electron chi connectivity index (χ1n) is 13.6. The van der Waals surface area contributed by atoms with Gasteiger partial charge in [0, 0.05) is 42.9 Å². The first-order valence-corrected chi connectivity index (χ1v) is 13.6. The Kier molecular flexibility index (Phi) is 7.34. The van der Waals surface area contributed by atoms with Gasteiger partial charge in [-0.3, -0.25) is 4.90 Å². The van der Waals surface area contributed by atoms with E-state index in [1.54, 1.807) is 0 Å². The van der Waals surface area contributed by atoms with Crippen LogP contribution in [-0.2, 0) is 32.4 Å². The summed E-state index contributed by atoms with van der Waals surface area (Å²) in [6, 6.07) is 20.5. The zero-order valence-corrected chi connectivity index (χ0v) is 22.8. The molecule has 1 aliphatic heterocycles. The molecular weight excluding hydrogens is 470 g/mol. The lowest BCUT2D eigenvalue weighted by molar-refractivity contribution is 0.244. The number of aryl methyl sites for hydroxylation is 4. The molecule has 0 aliphatic carbocycles. The summed E-state index contributed by atoms with van der Waals surface area (Å²) in [5, 5.41) is 7.94. The van der Waals surface area contributed by atoms with Gasteiger partial charge in [0.2, 0.25) is 0 Å². The van der Waals surface area contributed by atoms with Crippen LogP contribution in [0.4, 0.5) is 10.5 Å². The average molecular weight is 508 g/mol. The number of hydrogen-bond acceptors (Lipinski definition) is 3. The molecule has 0 saturated heterocycles. The van der Waals surface area contributed by atoms with Crippen molar-refractivity contribution >= 4 is 11.7 Å². The van der Waals surface area contributed by atoms with Crippen LogP contribution in [0.5, 0.6) is 0 Å². The zero-order chi connectivity index (χ0) is 26.8. The third-order valence-corrected chi connectivity index (χ3v) is 7.74. The van der Waals surface area contributed by atoms with Crippen LogP contribution in [0.25, 0.3) is 16.9 Å². The van der Waals surface area contributed by atoms with Crippen molar-refractivity contribution in [2.24, 2.45) is 5.73 Å². The number of nitrogens with two attached hydrogens (primary N) is 1. The number of carbonyl (C=O) groups excluding carboxylic acids is 1. The topological polar surface area (TPSA) is 76.2 Å². The fourth-order valence-corrected chi connectivity index (χ4v) is 5.69. The van der Waals surface area contributed by atoms with Crippen molar-refractivity contribution in [3.8, 4) is 16.9 Å². The minimum atomic E-state index is -0.563. The Morgan fingerprint density at radius 3 is 2.18 bits per heavy atom. The molecule has 5 rings (SSSR count). The number of urea groups is 1. The molecule has 6 nitrogen and oxygen atoms in total. The van der Waals surface area contributed by atoms with Crippen molar-refractivity contribution in [3.63, 3.8) is 0 Å². The first-order chi connectivity index (χ1) is 18.4. The highest BCUT2D eigenvalue weighted by atomic mass is 16.2. The monoisotopic (exact) mass is 507 g/mol. The number of aromatic nitrogens is 2. The molecule has 2 heterocycles. The molecule has 196 valence electrons. The molecular formula is C32H37N5O. The van der Waals surface area contributed by atoms with Crippen molar-refractivity contribution in [2.45, 2.75) is 60.0 Å². The molecule has 0 saturated carbocycles. The molecule has 6 heteroatoms. The van der Waals surface area contributed by atoms with Crippen molar-refractivity contribution in [3.05, 3.63) is 99.7 Å². The molecule has 38 heavy (non-hydrogen) atoms. The number of para-hydroxylation sites is 1.